The van der Waals surface area contributed by atoms with E-state index in [1.165, 1.54) is 12.1 Å². The minimum Gasteiger partial charge on any atom is -0.409 e. The first-order valence-electron chi connectivity index (χ1n) is 6.08. The van der Waals surface area contributed by atoms with Gasteiger partial charge in [0.15, 0.2) is 0 Å². The zero-order chi connectivity index (χ0) is 14.4. The Kier molecular flexibility index (Phi) is 6.05. The van der Waals surface area contributed by atoms with E-state index in [0.717, 1.165) is 5.56 Å². The quantitative estimate of drug-likeness (QED) is 0.366. The molecular formula is C13H19ClFN3O. The van der Waals surface area contributed by atoms with Gasteiger partial charge in [-0.3, -0.25) is 4.90 Å². The Morgan fingerprint density at radius 1 is 1.53 bits per heavy atom. The van der Waals surface area contributed by atoms with Crippen molar-refractivity contribution in [1.82, 2.24) is 4.90 Å². The van der Waals surface area contributed by atoms with E-state index in [2.05, 4.69) is 10.1 Å². The van der Waals surface area contributed by atoms with Crippen molar-refractivity contribution in [3.63, 3.8) is 0 Å². The first-order valence-corrected chi connectivity index (χ1v) is 6.46. The van der Waals surface area contributed by atoms with Crippen LogP contribution >= 0.6 is 11.6 Å². The van der Waals surface area contributed by atoms with Crippen LogP contribution in [-0.2, 0) is 6.54 Å². The molecule has 1 aromatic carbocycles. The molecule has 0 bridgehead atoms. The summed E-state index contributed by atoms with van der Waals surface area (Å²) in [5, 5.41) is 11.9. The lowest BCUT2D eigenvalue weighted by Crippen LogP contribution is -2.33. The van der Waals surface area contributed by atoms with Crippen LogP contribution in [0.5, 0.6) is 0 Å². The van der Waals surface area contributed by atoms with Crippen molar-refractivity contribution in [2.24, 2.45) is 10.9 Å². The molecule has 0 spiro atoms. The van der Waals surface area contributed by atoms with Crippen molar-refractivity contribution in [1.29, 1.82) is 0 Å². The molecule has 0 aliphatic heterocycles. The third-order valence-corrected chi connectivity index (χ3v) is 3.25. The summed E-state index contributed by atoms with van der Waals surface area (Å²) < 4.78 is 13.0. The first-order chi connectivity index (χ1) is 8.93. The van der Waals surface area contributed by atoms with Gasteiger partial charge in [0.25, 0.3) is 0 Å². The molecule has 6 heteroatoms. The van der Waals surface area contributed by atoms with E-state index in [1.54, 1.807) is 6.07 Å². The molecule has 0 atom stereocenters. The Bertz CT molecular complexity index is 452. The second-order valence-electron chi connectivity index (χ2n) is 4.64. The fourth-order valence-electron chi connectivity index (χ4n) is 1.70. The van der Waals surface area contributed by atoms with Crippen LogP contribution in [0.2, 0.25) is 5.02 Å². The van der Waals surface area contributed by atoms with Gasteiger partial charge in [0.2, 0.25) is 0 Å². The highest BCUT2D eigenvalue weighted by molar-refractivity contribution is 6.31. The zero-order valence-corrected chi connectivity index (χ0v) is 11.9. The van der Waals surface area contributed by atoms with Crippen molar-refractivity contribution in [2.75, 3.05) is 6.54 Å². The van der Waals surface area contributed by atoms with Crippen LogP contribution in [0, 0.1) is 5.82 Å². The average Bonchev–Trinajstić information content (AvgIpc) is 2.35. The van der Waals surface area contributed by atoms with E-state index >= 15 is 0 Å². The molecule has 0 unspecified atom stereocenters. The van der Waals surface area contributed by atoms with E-state index in [1.807, 2.05) is 13.8 Å². The highest BCUT2D eigenvalue weighted by Gasteiger charge is 2.13. The van der Waals surface area contributed by atoms with Crippen LogP contribution in [0.4, 0.5) is 4.39 Å². The summed E-state index contributed by atoms with van der Waals surface area (Å²) in [6.45, 7) is 5.32. The highest BCUT2D eigenvalue weighted by atomic mass is 35.5. The zero-order valence-electron chi connectivity index (χ0n) is 11.1. The Morgan fingerprint density at radius 3 is 2.74 bits per heavy atom. The predicted molar refractivity (Wildman–Crippen MR) is 75.0 cm³/mol. The Balaban J connectivity index is 2.72. The van der Waals surface area contributed by atoms with E-state index in [-0.39, 0.29) is 17.7 Å². The number of nitrogens with two attached hydrogens (primary N) is 1. The summed E-state index contributed by atoms with van der Waals surface area (Å²) in [5.41, 5.74) is 6.32. The largest absolute Gasteiger partial charge is 0.409 e. The molecule has 1 aromatic rings. The number of nitrogens with zero attached hydrogens (tertiary/aromatic N) is 2. The summed E-state index contributed by atoms with van der Waals surface area (Å²) in [6, 6.07) is 4.64. The number of hydrogen-bond donors (Lipinski definition) is 2. The molecule has 0 radical (unpaired) electrons. The summed E-state index contributed by atoms with van der Waals surface area (Å²) >= 11 is 6.01. The molecule has 0 saturated carbocycles. The first kappa shape index (κ1) is 15.7. The number of oxime groups is 1. The minimum absolute atomic E-state index is 0.191. The number of hydrogen-bond acceptors (Lipinski definition) is 3. The normalized spacial score (nSPS) is 12.4. The van der Waals surface area contributed by atoms with Crippen molar-refractivity contribution < 1.29 is 9.60 Å². The lowest BCUT2D eigenvalue weighted by molar-refractivity contribution is 0.218. The van der Waals surface area contributed by atoms with Crippen LogP contribution in [0.15, 0.2) is 23.4 Å². The molecule has 106 valence electrons. The molecule has 0 aromatic heterocycles. The molecule has 0 aliphatic carbocycles. The van der Waals surface area contributed by atoms with Gasteiger partial charge >= 0.3 is 0 Å². The van der Waals surface area contributed by atoms with E-state index in [9.17, 15) is 4.39 Å². The number of amidine groups is 1. The molecule has 0 amide bonds. The number of rotatable bonds is 6. The lowest BCUT2D eigenvalue weighted by Gasteiger charge is -2.26. The van der Waals surface area contributed by atoms with Gasteiger partial charge in [-0.25, -0.2) is 4.39 Å². The Labute approximate surface area is 117 Å². The lowest BCUT2D eigenvalue weighted by atomic mass is 10.1. The van der Waals surface area contributed by atoms with E-state index < -0.39 is 0 Å². The van der Waals surface area contributed by atoms with Crippen LogP contribution in [0.25, 0.3) is 0 Å². The van der Waals surface area contributed by atoms with Gasteiger partial charge < -0.3 is 10.9 Å². The van der Waals surface area contributed by atoms with Crippen molar-refractivity contribution >= 4 is 17.4 Å². The predicted octanol–water partition coefficient (Wildman–Crippen LogP) is 2.83. The molecule has 0 aliphatic rings. The molecule has 0 fully saturated rings. The highest BCUT2D eigenvalue weighted by Crippen LogP contribution is 2.20. The standard InChI is InChI=1S/C13H19ClFN3O/c1-9(2)18(6-5-13(16)17-19)8-10-3-4-11(15)7-12(10)14/h3-4,7,9,19H,5-6,8H2,1-2H3,(H2,16,17). The second-order valence-corrected chi connectivity index (χ2v) is 5.05. The van der Waals surface area contributed by atoms with E-state index in [4.69, 9.17) is 22.5 Å². The van der Waals surface area contributed by atoms with E-state index in [0.29, 0.717) is 24.5 Å². The molecule has 0 heterocycles. The smallest absolute Gasteiger partial charge is 0.140 e. The average molecular weight is 288 g/mol. The fraction of sp³-hybridized carbons (Fsp3) is 0.462. The van der Waals surface area contributed by atoms with Crippen molar-refractivity contribution in [2.45, 2.75) is 32.9 Å². The summed E-state index contributed by atoms with van der Waals surface area (Å²) in [5.74, 6) is -0.155. The monoisotopic (exact) mass is 287 g/mol. The van der Waals surface area contributed by atoms with Crippen LogP contribution < -0.4 is 5.73 Å². The topological polar surface area (TPSA) is 61.8 Å². The third kappa shape index (κ3) is 5.04. The molecule has 19 heavy (non-hydrogen) atoms. The molecular weight excluding hydrogens is 269 g/mol. The molecule has 4 nitrogen and oxygen atoms in total. The molecule has 0 saturated heterocycles. The van der Waals surface area contributed by atoms with Gasteiger partial charge in [-0.05, 0) is 31.5 Å². The SMILES string of the molecule is CC(C)N(CC/C(N)=N/O)Cc1ccc(F)cc1Cl. The maximum Gasteiger partial charge on any atom is 0.140 e. The minimum atomic E-state index is -0.346. The van der Waals surface area contributed by atoms with Crippen molar-refractivity contribution in [3.05, 3.63) is 34.6 Å². The van der Waals surface area contributed by atoms with Crippen LogP contribution in [-0.4, -0.2) is 28.5 Å². The van der Waals surface area contributed by atoms with Gasteiger partial charge in [-0.2, -0.15) is 0 Å². The third-order valence-electron chi connectivity index (χ3n) is 2.90. The second kappa shape index (κ2) is 7.31. The van der Waals surface area contributed by atoms with Gasteiger partial charge in [-0.1, -0.05) is 22.8 Å². The van der Waals surface area contributed by atoms with Crippen LogP contribution in [0.1, 0.15) is 25.8 Å². The van der Waals surface area contributed by atoms with Gasteiger partial charge in [0, 0.05) is 30.6 Å². The number of halogens is 2. The van der Waals surface area contributed by atoms with Gasteiger partial charge in [0.1, 0.15) is 11.7 Å². The molecule has 1 rings (SSSR count). The maximum atomic E-state index is 13.0. The fourth-order valence-corrected chi connectivity index (χ4v) is 1.92. The maximum absolute atomic E-state index is 13.0. The summed E-state index contributed by atoms with van der Waals surface area (Å²) in [4.78, 5) is 2.12. The Morgan fingerprint density at radius 2 is 2.21 bits per heavy atom. The Hall–Kier alpha value is -1.33. The van der Waals surface area contributed by atoms with Crippen molar-refractivity contribution in [3.8, 4) is 0 Å². The molecule has 3 N–H and O–H groups in total. The summed E-state index contributed by atoms with van der Waals surface area (Å²) in [6.07, 6.45) is 0.466. The summed E-state index contributed by atoms with van der Waals surface area (Å²) in [7, 11) is 0. The number of benzene rings is 1. The van der Waals surface area contributed by atoms with Gasteiger partial charge in [0.05, 0.1) is 0 Å². The van der Waals surface area contributed by atoms with Crippen LogP contribution in [0.3, 0.4) is 0 Å². The van der Waals surface area contributed by atoms with Gasteiger partial charge in [-0.15, -0.1) is 0 Å².